The van der Waals surface area contributed by atoms with Crippen molar-refractivity contribution in [2.45, 2.75) is 32.9 Å². The van der Waals surface area contributed by atoms with E-state index in [9.17, 15) is 4.79 Å². The van der Waals surface area contributed by atoms with Gasteiger partial charge in [0.15, 0.2) is 5.69 Å². The molecule has 1 atom stereocenters. The fraction of sp³-hybridized carbons (Fsp3) is 0.500. The number of aryl methyl sites for hydroxylation is 2. The van der Waals surface area contributed by atoms with Crippen LogP contribution in [0.2, 0.25) is 5.02 Å². The lowest BCUT2D eigenvalue weighted by Crippen LogP contribution is -2.29. The number of nitrogens with one attached hydrogen (secondary N) is 1. The summed E-state index contributed by atoms with van der Waals surface area (Å²) in [5.74, 6) is 0.390. The van der Waals surface area contributed by atoms with Gasteiger partial charge in [-0.25, -0.2) is 9.67 Å². The van der Waals surface area contributed by atoms with Crippen LogP contribution in [0, 0.1) is 0 Å². The van der Waals surface area contributed by atoms with Crippen molar-refractivity contribution in [1.29, 1.82) is 0 Å². The Morgan fingerprint density at radius 2 is 2.30 bits per heavy atom. The quantitative estimate of drug-likeness (QED) is 0.908. The lowest BCUT2D eigenvalue weighted by atomic mass is 10.3. The van der Waals surface area contributed by atoms with Crippen LogP contribution in [0.1, 0.15) is 42.6 Å². The van der Waals surface area contributed by atoms with Gasteiger partial charge in [0, 0.05) is 19.8 Å². The van der Waals surface area contributed by atoms with Gasteiger partial charge in [0.1, 0.15) is 12.2 Å². The number of amides is 1. The molecule has 0 unspecified atom stereocenters. The lowest BCUT2D eigenvalue weighted by molar-refractivity contribution is 0.0931. The summed E-state index contributed by atoms with van der Waals surface area (Å²) in [6, 6.07) is -0.269. The van der Waals surface area contributed by atoms with E-state index >= 15 is 0 Å². The molecular weight excluding hydrogens is 280 g/mol. The first kappa shape index (κ1) is 14.5. The highest BCUT2D eigenvalue weighted by atomic mass is 35.5. The highest BCUT2D eigenvalue weighted by Crippen LogP contribution is 2.15. The molecule has 0 fully saturated rings. The van der Waals surface area contributed by atoms with Crippen LogP contribution in [0.15, 0.2) is 12.5 Å². The third kappa shape index (κ3) is 2.98. The Morgan fingerprint density at radius 1 is 1.55 bits per heavy atom. The number of aromatic nitrogens is 5. The highest BCUT2D eigenvalue weighted by Gasteiger charge is 2.20. The maximum Gasteiger partial charge on any atom is 0.273 e. The largest absolute Gasteiger partial charge is 0.341 e. The van der Waals surface area contributed by atoms with E-state index in [-0.39, 0.29) is 17.6 Å². The van der Waals surface area contributed by atoms with Gasteiger partial charge in [0.05, 0.1) is 11.1 Å². The van der Waals surface area contributed by atoms with Crippen LogP contribution in [0.3, 0.4) is 0 Å². The monoisotopic (exact) mass is 296 g/mol. The number of halogens is 1. The molecule has 0 aliphatic rings. The summed E-state index contributed by atoms with van der Waals surface area (Å²) in [5.41, 5.74) is 0.211. The van der Waals surface area contributed by atoms with Crippen LogP contribution in [-0.4, -0.2) is 30.5 Å². The van der Waals surface area contributed by atoms with Crippen molar-refractivity contribution in [3.05, 3.63) is 29.1 Å². The molecule has 2 aromatic heterocycles. The van der Waals surface area contributed by atoms with Gasteiger partial charge in [-0.3, -0.25) is 9.48 Å². The van der Waals surface area contributed by atoms with Crippen LogP contribution in [0.4, 0.5) is 0 Å². The zero-order valence-corrected chi connectivity index (χ0v) is 12.4. The predicted octanol–water partition coefficient (Wildman–Crippen LogP) is 1.57. The van der Waals surface area contributed by atoms with E-state index in [1.807, 2.05) is 6.92 Å². The first-order valence-electron chi connectivity index (χ1n) is 6.40. The van der Waals surface area contributed by atoms with E-state index < -0.39 is 0 Å². The summed E-state index contributed by atoms with van der Waals surface area (Å²) in [7, 11) is 1.71. The molecule has 20 heavy (non-hydrogen) atoms. The summed E-state index contributed by atoms with van der Waals surface area (Å²) in [6.07, 6.45) is 4.02. The Morgan fingerprint density at radius 3 is 2.90 bits per heavy atom. The van der Waals surface area contributed by atoms with Crippen LogP contribution >= 0.6 is 11.6 Å². The molecule has 2 heterocycles. The summed E-state index contributed by atoms with van der Waals surface area (Å²) < 4.78 is 3.28. The standard InChI is InChI=1S/C12H17ClN6O/c1-4-5-19-11(14-7-15-19)8(2)16-12(20)10-9(13)6-18(3)17-10/h6-8H,4-5H2,1-3H3,(H,16,20)/t8-/m0/s1. The second kappa shape index (κ2) is 6.04. The van der Waals surface area contributed by atoms with Gasteiger partial charge in [0.25, 0.3) is 5.91 Å². The molecule has 0 bridgehead atoms. The zero-order valence-electron chi connectivity index (χ0n) is 11.7. The van der Waals surface area contributed by atoms with Gasteiger partial charge in [-0.2, -0.15) is 10.2 Å². The number of hydrogen-bond donors (Lipinski definition) is 1. The van der Waals surface area contributed by atoms with Crippen molar-refractivity contribution < 1.29 is 4.79 Å². The predicted molar refractivity (Wildman–Crippen MR) is 74.4 cm³/mol. The fourth-order valence-electron chi connectivity index (χ4n) is 1.94. The van der Waals surface area contributed by atoms with E-state index in [1.165, 1.54) is 11.0 Å². The van der Waals surface area contributed by atoms with Crippen LogP contribution in [0.25, 0.3) is 0 Å². The van der Waals surface area contributed by atoms with Gasteiger partial charge >= 0.3 is 0 Å². The molecule has 0 aliphatic heterocycles. The Labute approximate surface area is 121 Å². The third-order valence-corrected chi connectivity index (χ3v) is 3.09. The Kier molecular flexibility index (Phi) is 4.39. The average molecular weight is 297 g/mol. The number of carbonyl (C=O) groups excluding carboxylic acids is 1. The van der Waals surface area contributed by atoms with E-state index in [0.29, 0.717) is 10.8 Å². The molecule has 8 heteroatoms. The maximum absolute atomic E-state index is 12.1. The van der Waals surface area contributed by atoms with Crippen LogP contribution < -0.4 is 5.32 Å². The molecule has 1 N–H and O–H groups in total. The molecular formula is C12H17ClN6O. The normalized spacial score (nSPS) is 12.4. The van der Waals surface area contributed by atoms with Crippen molar-refractivity contribution in [2.75, 3.05) is 0 Å². The molecule has 0 aliphatic carbocycles. The SMILES string of the molecule is CCCn1ncnc1[C@H](C)NC(=O)c1nn(C)cc1Cl. The second-order valence-electron chi connectivity index (χ2n) is 4.54. The lowest BCUT2D eigenvalue weighted by Gasteiger charge is -2.13. The third-order valence-electron chi connectivity index (χ3n) is 2.82. The van der Waals surface area contributed by atoms with Crippen molar-refractivity contribution in [2.24, 2.45) is 7.05 Å². The van der Waals surface area contributed by atoms with Gasteiger partial charge < -0.3 is 5.32 Å². The Balaban J connectivity index is 2.11. The molecule has 0 saturated heterocycles. The summed E-state index contributed by atoms with van der Waals surface area (Å²) in [6.45, 7) is 4.67. The summed E-state index contributed by atoms with van der Waals surface area (Å²) in [4.78, 5) is 16.3. The minimum absolute atomic E-state index is 0.211. The van der Waals surface area contributed by atoms with Crippen molar-refractivity contribution >= 4 is 17.5 Å². The zero-order chi connectivity index (χ0) is 14.7. The first-order valence-corrected chi connectivity index (χ1v) is 6.78. The van der Waals surface area contributed by atoms with Gasteiger partial charge in [0.2, 0.25) is 0 Å². The summed E-state index contributed by atoms with van der Waals surface area (Å²) >= 11 is 5.95. The second-order valence-corrected chi connectivity index (χ2v) is 4.94. The van der Waals surface area contributed by atoms with E-state index in [0.717, 1.165) is 13.0 Å². The van der Waals surface area contributed by atoms with Crippen LogP contribution in [0.5, 0.6) is 0 Å². The van der Waals surface area contributed by atoms with Crippen LogP contribution in [-0.2, 0) is 13.6 Å². The minimum Gasteiger partial charge on any atom is -0.341 e. The molecule has 2 rings (SSSR count). The highest BCUT2D eigenvalue weighted by molar-refractivity contribution is 6.33. The van der Waals surface area contributed by atoms with Crippen molar-refractivity contribution in [3.8, 4) is 0 Å². The Bertz CT molecular complexity index is 605. The first-order chi connectivity index (χ1) is 9.52. The molecule has 0 spiro atoms. The molecule has 0 aromatic carbocycles. The van der Waals surface area contributed by atoms with E-state index in [1.54, 1.807) is 17.9 Å². The fourth-order valence-corrected chi connectivity index (χ4v) is 2.20. The maximum atomic E-state index is 12.1. The van der Waals surface area contributed by atoms with Gasteiger partial charge in [-0.05, 0) is 13.3 Å². The van der Waals surface area contributed by atoms with Gasteiger partial charge in [-0.15, -0.1) is 0 Å². The number of rotatable bonds is 5. The molecule has 108 valence electrons. The summed E-state index contributed by atoms with van der Waals surface area (Å²) in [5, 5.41) is 11.3. The topological polar surface area (TPSA) is 77.6 Å². The minimum atomic E-state index is -0.325. The molecule has 2 aromatic rings. The molecule has 0 radical (unpaired) electrons. The Hall–Kier alpha value is -1.89. The molecule has 1 amide bonds. The number of nitrogens with zero attached hydrogens (tertiary/aromatic N) is 5. The number of hydrogen-bond acceptors (Lipinski definition) is 4. The van der Waals surface area contributed by atoms with Crippen molar-refractivity contribution in [3.63, 3.8) is 0 Å². The van der Waals surface area contributed by atoms with Crippen molar-refractivity contribution in [1.82, 2.24) is 29.9 Å². The van der Waals surface area contributed by atoms with Gasteiger partial charge in [-0.1, -0.05) is 18.5 Å². The number of carbonyl (C=O) groups is 1. The van der Waals surface area contributed by atoms with E-state index in [2.05, 4.69) is 27.4 Å². The average Bonchev–Trinajstić information content (AvgIpc) is 2.96. The van der Waals surface area contributed by atoms with E-state index in [4.69, 9.17) is 11.6 Å². The molecule has 7 nitrogen and oxygen atoms in total. The smallest absolute Gasteiger partial charge is 0.273 e. The molecule has 0 saturated carbocycles.